The first-order valence-corrected chi connectivity index (χ1v) is 10.2. The molecule has 1 atom stereocenters. The highest BCUT2D eigenvalue weighted by Gasteiger charge is 2.06. The molecule has 0 rings (SSSR count). The summed E-state index contributed by atoms with van der Waals surface area (Å²) in [4.78, 5) is 11.7. The third-order valence-electron chi connectivity index (χ3n) is 4.33. The average molecular weight is 344 g/mol. The lowest BCUT2D eigenvalue weighted by Crippen LogP contribution is -2.35. The van der Waals surface area contributed by atoms with Crippen LogP contribution in [-0.2, 0) is 9.53 Å². The Morgan fingerprint density at radius 2 is 1.33 bits per heavy atom. The molecule has 0 aliphatic rings. The molecule has 0 spiro atoms. The minimum Gasteiger partial charge on any atom is -0.394 e. The molecule has 144 valence electrons. The molecule has 0 aromatic rings. The van der Waals surface area contributed by atoms with Crippen molar-refractivity contribution in [1.82, 2.24) is 5.32 Å². The van der Waals surface area contributed by atoms with Crippen LogP contribution in [-0.4, -0.2) is 30.5 Å². The van der Waals surface area contributed by atoms with Gasteiger partial charge in [-0.25, -0.2) is 0 Å². The number of carbonyl (C=O) groups is 1. The molecule has 1 amide bonds. The van der Waals surface area contributed by atoms with E-state index in [0.29, 0.717) is 6.42 Å². The molecule has 0 heterocycles. The zero-order valence-electron chi connectivity index (χ0n) is 16.2. The Morgan fingerprint density at radius 1 is 0.875 bits per heavy atom. The van der Waals surface area contributed by atoms with Gasteiger partial charge in [0.2, 0.25) is 5.91 Å². The third kappa shape index (κ3) is 17.7. The topological polar surface area (TPSA) is 58.6 Å². The SMILES string of the molecule is CCCCCCCCCCCCCCCC(=O)NC(C)OCCO. The quantitative estimate of drug-likeness (QED) is 0.274. The molecule has 0 saturated heterocycles. The second-order valence-corrected chi connectivity index (χ2v) is 6.80. The molecule has 4 heteroatoms. The number of ether oxygens (including phenoxy) is 1. The summed E-state index contributed by atoms with van der Waals surface area (Å²) in [5, 5.41) is 11.4. The highest BCUT2D eigenvalue weighted by atomic mass is 16.5. The molecule has 0 aliphatic carbocycles. The fraction of sp³-hybridized carbons (Fsp3) is 0.950. The fourth-order valence-corrected chi connectivity index (χ4v) is 2.87. The molecule has 0 bridgehead atoms. The minimum absolute atomic E-state index is 0.0148. The van der Waals surface area contributed by atoms with E-state index >= 15 is 0 Å². The van der Waals surface area contributed by atoms with Crippen LogP contribution < -0.4 is 5.32 Å². The number of unbranched alkanes of at least 4 members (excludes halogenated alkanes) is 12. The van der Waals surface area contributed by atoms with E-state index in [9.17, 15) is 4.79 Å². The summed E-state index contributed by atoms with van der Waals surface area (Å²) >= 11 is 0. The van der Waals surface area contributed by atoms with Gasteiger partial charge in [-0.1, -0.05) is 84.0 Å². The van der Waals surface area contributed by atoms with Crippen molar-refractivity contribution in [3.63, 3.8) is 0 Å². The van der Waals surface area contributed by atoms with Crippen molar-refractivity contribution in [3.8, 4) is 0 Å². The van der Waals surface area contributed by atoms with E-state index in [0.717, 1.165) is 12.8 Å². The summed E-state index contributed by atoms with van der Waals surface area (Å²) < 4.78 is 5.20. The lowest BCUT2D eigenvalue weighted by Gasteiger charge is -2.14. The van der Waals surface area contributed by atoms with Gasteiger partial charge in [0, 0.05) is 6.42 Å². The number of carbonyl (C=O) groups excluding carboxylic acids is 1. The van der Waals surface area contributed by atoms with Crippen LogP contribution in [0.15, 0.2) is 0 Å². The first-order chi connectivity index (χ1) is 11.7. The maximum absolute atomic E-state index is 11.7. The molecular weight excluding hydrogens is 302 g/mol. The van der Waals surface area contributed by atoms with Gasteiger partial charge in [-0.2, -0.15) is 0 Å². The molecule has 0 radical (unpaired) electrons. The number of aliphatic hydroxyl groups is 1. The number of amides is 1. The van der Waals surface area contributed by atoms with E-state index in [-0.39, 0.29) is 25.3 Å². The Kier molecular flexibility index (Phi) is 18.2. The standard InChI is InChI=1S/C20H41NO3/c1-3-4-5-6-7-8-9-10-11-12-13-14-15-16-20(23)21-19(2)24-18-17-22/h19,22H,3-18H2,1-2H3,(H,21,23). The predicted octanol–water partition coefficient (Wildman–Crippen LogP) is 4.94. The summed E-state index contributed by atoms with van der Waals surface area (Å²) in [6, 6.07) is 0. The van der Waals surface area contributed by atoms with Crippen molar-refractivity contribution in [2.75, 3.05) is 13.2 Å². The van der Waals surface area contributed by atoms with E-state index in [1.165, 1.54) is 70.6 Å². The van der Waals surface area contributed by atoms with E-state index in [1.54, 1.807) is 6.92 Å². The smallest absolute Gasteiger partial charge is 0.221 e. The second kappa shape index (κ2) is 18.7. The lowest BCUT2D eigenvalue weighted by molar-refractivity contribution is -0.125. The van der Waals surface area contributed by atoms with Crippen LogP contribution in [0.25, 0.3) is 0 Å². The van der Waals surface area contributed by atoms with Gasteiger partial charge in [0.1, 0.15) is 6.23 Å². The van der Waals surface area contributed by atoms with E-state index in [2.05, 4.69) is 12.2 Å². The summed E-state index contributed by atoms with van der Waals surface area (Å²) in [6.07, 6.45) is 17.4. The number of aliphatic hydroxyl groups excluding tert-OH is 1. The molecule has 1 unspecified atom stereocenters. The molecular formula is C20H41NO3. The van der Waals surface area contributed by atoms with Gasteiger partial charge < -0.3 is 15.2 Å². The Labute approximate surface area is 149 Å². The Bertz CT molecular complexity index is 272. The zero-order chi connectivity index (χ0) is 17.9. The van der Waals surface area contributed by atoms with Crippen molar-refractivity contribution in [2.45, 2.75) is 110 Å². The molecule has 0 fully saturated rings. The highest BCUT2D eigenvalue weighted by molar-refractivity contribution is 5.75. The summed E-state index contributed by atoms with van der Waals surface area (Å²) in [7, 11) is 0. The van der Waals surface area contributed by atoms with Crippen LogP contribution in [0.5, 0.6) is 0 Å². The first kappa shape index (κ1) is 23.4. The molecule has 0 saturated carbocycles. The molecule has 0 aromatic heterocycles. The molecule has 4 nitrogen and oxygen atoms in total. The van der Waals surface area contributed by atoms with Crippen LogP contribution in [0.4, 0.5) is 0 Å². The van der Waals surface area contributed by atoms with E-state index < -0.39 is 0 Å². The lowest BCUT2D eigenvalue weighted by atomic mass is 10.0. The largest absolute Gasteiger partial charge is 0.394 e. The van der Waals surface area contributed by atoms with Crippen LogP contribution >= 0.6 is 0 Å². The highest BCUT2D eigenvalue weighted by Crippen LogP contribution is 2.12. The van der Waals surface area contributed by atoms with Gasteiger partial charge in [-0.05, 0) is 13.3 Å². The van der Waals surface area contributed by atoms with Crippen molar-refractivity contribution >= 4 is 5.91 Å². The van der Waals surface area contributed by atoms with Gasteiger partial charge in [0.15, 0.2) is 0 Å². The first-order valence-electron chi connectivity index (χ1n) is 10.2. The number of nitrogens with one attached hydrogen (secondary N) is 1. The fourth-order valence-electron chi connectivity index (χ4n) is 2.87. The van der Waals surface area contributed by atoms with Crippen LogP contribution in [0.1, 0.15) is 104 Å². The van der Waals surface area contributed by atoms with Crippen LogP contribution in [0.2, 0.25) is 0 Å². The Hall–Kier alpha value is -0.610. The maximum atomic E-state index is 11.7. The van der Waals surface area contributed by atoms with E-state index in [1.807, 2.05) is 0 Å². The van der Waals surface area contributed by atoms with Gasteiger partial charge in [0.25, 0.3) is 0 Å². The van der Waals surface area contributed by atoms with Gasteiger partial charge >= 0.3 is 0 Å². The van der Waals surface area contributed by atoms with Gasteiger partial charge in [-0.3, -0.25) is 4.79 Å². The van der Waals surface area contributed by atoms with Gasteiger partial charge in [-0.15, -0.1) is 0 Å². The summed E-state index contributed by atoms with van der Waals surface area (Å²) in [6.45, 7) is 4.30. The summed E-state index contributed by atoms with van der Waals surface area (Å²) in [5.74, 6) is 0.0449. The number of hydrogen-bond donors (Lipinski definition) is 2. The Balaban J connectivity index is 3.20. The molecule has 2 N–H and O–H groups in total. The maximum Gasteiger partial charge on any atom is 0.221 e. The minimum atomic E-state index is -0.313. The normalized spacial score (nSPS) is 12.3. The molecule has 0 aromatic carbocycles. The summed E-state index contributed by atoms with van der Waals surface area (Å²) in [5.41, 5.74) is 0. The van der Waals surface area contributed by atoms with E-state index in [4.69, 9.17) is 9.84 Å². The second-order valence-electron chi connectivity index (χ2n) is 6.80. The van der Waals surface area contributed by atoms with Crippen molar-refractivity contribution in [2.24, 2.45) is 0 Å². The third-order valence-corrected chi connectivity index (χ3v) is 4.33. The molecule has 0 aliphatic heterocycles. The van der Waals surface area contributed by atoms with Crippen molar-refractivity contribution in [1.29, 1.82) is 0 Å². The molecule has 24 heavy (non-hydrogen) atoms. The van der Waals surface area contributed by atoms with Crippen molar-refractivity contribution < 1.29 is 14.6 Å². The van der Waals surface area contributed by atoms with Gasteiger partial charge in [0.05, 0.1) is 13.2 Å². The van der Waals surface area contributed by atoms with Crippen LogP contribution in [0.3, 0.4) is 0 Å². The Morgan fingerprint density at radius 3 is 1.79 bits per heavy atom. The predicted molar refractivity (Wildman–Crippen MR) is 101 cm³/mol. The zero-order valence-corrected chi connectivity index (χ0v) is 16.2. The van der Waals surface area contributed by atoms with Crippen molar-refractivity contribution in [3.05, 3.63) is 0 Å². The average Bonchev–Trinajstić information content (AvgIpc) is 2.57. The number of rotatable bonds is 18. The number of hydrogen-bond acceptors (Lipinski definition) is 3. The van der Waals surface area contributed by atoms with Crippen LogP contribution in [0, 0.1) is 0 Å². The monoisotopic (exact) mass is 343 g/mol.